The van der Waals surface area contributed by atoms with Crippen LogP contribution in [0.5, 0.6) is 0 Å². The lowest BCUT2D eigenvalue weighted by atomic mass is 10.2. The molecular weight excluding hydrogens is 332 g/mol. The molecule has 0 amide bonds. The second-order valence-electron chi connectivity index (χ2n) is 4.85. The van der Waals surface area contributed by atoms with E-state index in [1.165, 1.54) is 36.7 Å². The average Bonchev–Trinajstić information content (AvgIpc) is 3.09. The summed E-state index contributed by atoms with van der Waals surface area (Å²) in [5.41, 5.74) is 0.981. The smallest absolute Gasteiger partial charge is 0.335 e. The Morgan fingerprint density at radius 3 is 2.50 bits per heavy atom. The van der Waals surface area contributed by atoms with Gasteiger partial charge in [0.15, 0.2) is 0 Å². The molecule has 122 valence electrons. The van der Waals surface area contributed by atoms with Crippen LogP contribution in [0.15, 0.2) is 70.3 Å². The van der Waals surface area contributed by atoms with Gasteiger partial charge in [0.1, 0.15) is 6.26 Å². The molecule has 8 heteroatoms. The topological polar surface area (TPSA) is 110 Å². The van der Waals surface area contributed by atoms with E-state index in [4.69, 9.17) is 9.52 Å². The number of anilines is 1. The number of sulfonamides is 1. The largest absolute Gasteiger partial charge is 0.478 e. The number of nitrogens with one attached hydrogen (secondary N) is 1. The van der Waals surface area contributed by atoms with Crippen molar-refractivity contribution in [3.63, 3.8) is 0 Å². The maximum Gasteiger partial charge on any atom is 0.335 e. The molecule has 0 saturated heterocycles. The Morgan fingerprint density at radius 1 is 1.12 bits per heavy atom. The van der Waals surface area contributed by atoms with Crippen LogP contribution in [0, 0.1) is 0 Å². The monoisotopic (exact) mass is 344 g/mol. The molecule has 0 aliphatic heterocycles. The van der Waals surface area contributed by atoms with Crippen molar-refractivity contribution in [1.82, 2.24) is 4.98 Å². The van der Waals surface area contributed by atoms with E-state index < -0.39 is 16.0 Å². The summed E-state index contributed by atoms with van der Waals surface area (Å²) in [4.78, 5) is 14.8. The number of nitrogens with zero attached hydrogens (tertiary/aromatic N) is 1. The molecule has 0 bridgehead atoms. The van der Waals surface area contributed by atoms with Crippen LogP contribution < -0.4 is 4.72 Å². The molecule has 3 rings (SSSR count). The van der Waals surface area contributed by atoms with Gasteiger partial charge in [0, 0.05) is 11.3 Å². The minimum atomic E-state index is -3.84. The highest BCUT2D eigenvalue weighted by atomic mass is 32.2. The van der Waals surface area contributed by atoms with Crippen molar-refractivity contribution < 1.29 is 22.7 Å². The van der Waals surface area contributed by atoms with Gasteiger partial charge < -0.3 is 9.52 Å². The highest BCUT2D eigenvalue weighted by molar-refractivity contribution is 7.92. The standard InChI is InChI=1S/C16H12N2O5S/c19-16(20)11-4-6-14(7-5-11)24(21,22)18-13-3-1-2-12(10-13)15-17-8-9-23-15/h1-10,18H,(H,19,20). The van der Waals surface area contributed by atoms with Crippen molar-refractivity contribution in [2.75, 3.05) is 4.72 Å². The van der Waals surface area contributed by atoms with Gasteiger partial charge in [0.05, 0.1) is 16.7 Å². The molecule has 2 aromatic carbocycles. The first-order valence-electron chi connectivity index (χ1n) is 6.82. The number of oxazole rings is 1. The Bertz CT molecular complexity index is 964. The molecule has 0 fully saturated rings. The van der Waals surface area contributed by atoms with E-state index in [1.807, 2.05) is 0 Å². The Kier molecular flexibility index (Phi) is 4.05. The van der Waals surface area contributed by atoms with Gasteiger partial charge in [-0.25, -0.2) is 18.2 Å². The van der Waals surface area contributed by atoms with Gasteiger partial charge in [-0.2, -0.15) is 0 Å². The zero-order valence-electron chi connectivity index (χ0n) is 12.2. The quantitative estimate of drug-likeness (QED) is 0.736. The summed E-state index contributed by atoms with van der Waals surface area (Å²) < 4.78 is 32.4. The SMILES string of the molecule is O=C(O)c1ccc(S(=O)(=O)Nc2cccc(-c3ncco3)c2)cc1. The predicted octanol–water partition coefficient (Wildman–Crippen LogP) is 2.84. The van der Waals surface area contributed by atoms with Crippen LogP contribution in [0.4, 0.5) is 5.69 Å². The van der Waals surface area contributed by atoms with E-state index in [9.17, 15) is 13.2 Å². The van der Waals surface area contributed by atoms with Gasteiger partial charge >= 0.3 is 5.97 Å². The average molecular weight is 344 g/mol. The van der Waals surface area contributed by atoms with Gasteiger partial charge in [0.25, 0.3) is 10.0 Å². The molecule has 24 heavy (non-hydrogen) atoms. The summed E-state index contributed by atoms with van der Waals surface area (Å²) in [5.74, 6) is -0.743. The zero-order valence-corrected chi connectivity index (χ0v) is 13.0. The fourth-order valence-corrected chi connectivity index (χ4v) is 3.12. The van der Waals surface area contributed by atoms with E-state index in [2.05, 4.69) is 9.71 Å². The number of benzene rings is 2. The first-order chi connectivity index (χ1) is 11.5. The molecule has 0 aliphatic carbocycles. The molecule has 0 atom stereocenters. The Balaban J connectivity index is 1.87. The zero-order chi connectivity index (χ0) is 17.2. The molecule has 3 aromatic rings. The van der Waals surface area contributed by atoms with Crippen LogP contribution in [0.3, 0.4) is 0 Å². The van der Waals surface area contributed by atoms with Crippen LogP contribution in [0.2, 0.25) is 0 Å². The van der Waals surface area contributed by atoms with Crippen LogP contribution in [-0.2, 0) is 10.0 Å². The molecule has 2 N–H and O–H groups in total. The number of carbonyl (C=O) groups is 1. The minimum absolute atomic E-state index is 0.0137. The van der Waals surface area contributed by atoms with E-state index in [-0.39, 0.29) is 10.5 Å². The summed E-state index contributed by atoms with van der Waals surface area (Å²) in [7, 11) is -3.84. The number of aromatic carboxylic acids is 1. The molecule has 0 spiro atoms. The van der Waals surface area contributed by atoms with Gasteiger partial charge in [-0.05, 0) is 42.5 Å². The third-order valence-electron chi connectivity index (χ3n) is 3.21. The summed E-state index contributed by atoms with van der Waals surface area (Å²) in [6, 6.07) is 11.6. The number of carboxylic acid groups (broad SMARTS) is 1. The molecular formula is C16H12N2O5S. The first kappa shape index (κ1) is 15.8. The molecule has 0 saturated carbocycles. The van der Waals surface area contributed by atoms with Crippen LogP contribution in [0.1, 0.15) is 10.4 Å². The Labute approximate surface area is 137 Å². The Hall–Kier alpha value is -3.13. The minimum Gasteiger partial charge on any atom is -0.478 e. The highest BCUT2D eigenvalue weighted by Gasteiger charge is 2.15. The maximum atomic E-state index is 12.4. The van der Waals surface area contributed by atoms with Crippen LogP contribution in [0.25, 0.3) is 11.5 Å². The fourth-order valence-electron chi connectivity index (χ4n) is 2.07. The van der Waals surface area contributed by atoms with Crippen LogP contribution >= 0.6 is 0 Å². The van der Waals surface area contributed by atoms with E-state index in [0.717, 1.165) is 0 Å². The van der Waals surface area contributed by atoms with Gasteiger partial charge in [0.2, 0.25) is 5.89 Å². The number of rotatable bonds is 5. The molecule has 1 heterocycles. The molecule has 0 radical (unpaired) electrons. The normalized spacial score (nSPS) is 11.2. The van der Waals surface area contributed by atoms with Gasteiger partial charge in [-0.3, -0.25) is 4.72 Å². The summed E-state index contributed by atoms with van der Waals surface area (Å²) >= 11 is 0. The fraction of sp³-hybridized carbons (Fsp3) is 0. The molecule has 0 aliphatic rings. The highest BCUT2D eigenvalue weighted by Crippen LogP contribution is 2.23. The van der Waals surface area contributed by atoms with E-state index >= 15 is 0 Å². The first-order valence-corrected chi connectivity index (χ1v) is 8.30. The van der Waals surface area contributed by atoms with Crippen molar-refractivity contribution in [2.45, 2.75) is 4.90 Å². The summed E-state index contributed by atoms with van der Waals surface area (Å²) in [5, 5.41) is 8.85. The number of carboxylic acids is 1. The van der Waals surface area contributed by atoms with E-state index in [1.54, 1.807) is 24.3 Å². The molecule has 1 aromatic heterocycles. The molecule has 0 unspecified atom stereocenters. The van der Waals surface area contributed by atoms with Gasteiger partial charge in [-0.1, -0.05) is 6.07 Å². The van der Waals surface area contributed by atoms with Crippen molar-refractivity contribution in [1.29, 1.82) is 0 Å². The van der Waals surface area contributed by atoms with Crippen molar-refractivity contribution in [3.8, 4) is 11.5 Å². The lowest BCUT2D eigenvalue weighted by Crippen LogP contribution is -2.13. The third kappa shape index (κ3) is 3.28. The van der Waals surface area contributed by atoms with Gasteiger partial charge in [-0.15, -0.1) is 0 Å². The second-order valence-corrected chi connectivity index (χ2v) is 6.54. The third-order valence-corrected chi connectivity index (χ3v) is 4.60. The Morgan fingerprint density at radius 2 is 1.88 bits per heavy atom. The van der Waals surface area contributed by atoms with Crippen LogP contribution in [-0.4, -0.2) is 24.5 Å². The van der Waals surface area contributed by atoms with Crippen molar-refractivity contribution >= 4 is 21.7 Å². The van der Waals surface area contributed by atoms with Crippen molar-refractivity contribution in [2.24, 2.45) is 0 Å². The lowest BCUT2D eigenvalue weighted by molar-refractivity contribution is 0.0696. The summed E-state index contributed by atoms with van der Waals surface area (Å²) in [6.45, 7) is 0. The summed E-state index contributed by atoms with van der Waals surface area (Å²) in [6.07, 6.45) is 2.92. The molecule has 7 nitrogen and oxygen atoms in total. The number of hydrogen-bond acceptors (Lipinski definition) is 5. The predicted molar refractivity (Wildman–Crippen MR) is 86.1 cm³/mol. The number of hydrogen-bond donors (Lipinski definition) is 2. The maximum absolute atomic E-state index is 12.4. The second kappa shape index (κ2) is 6.17. The van der Waals surface area contributed by atoms with Crippen molar-refractivity contribution in [3.05, 3.63) is 66.6 Å². The number of aromatic nitrogens is 1. The lowest BCUT2D eigenvalue weighted by Gasteiger charge is -2.09. The van der Waals surface area contributed by atoms with E-state index in [0.29, 0.717) is 17.1 Å².